The van der Waals surface area contributed by atoms with Crippen molar-refractivity contribution in [2.24, 2.45) is 5.92 Å². The molecular formula is C31H32FN3O. The van der Waals surface area contributed by atoms with Gasteiger partial charge < -0.3 is 20.2 Å². The second-order valence-electron chi connectivity index (χ2n) is 9.64. The predicted octanol–water partition coefficient (Wildman–Crippen LogP) is 6.53. The monoisotopic (exact) mass is 481 g/mol. The van der Waals surface area contributed by atoms with Gasteiger partial charge in [-0.3, -0.25) is 0 Å². The number of allylic oxidation sites excluding steroid dienone is 1. The zero-order valence-corrected chi connectivity index (χ0v) is 20.7. The molecule has 2 N–H and O–H groups in total. The van der Waals surface area contributed by atoms with Gasteiger partial charge in [-0.25, -0.2) is 4.39 Å². The van der Waals surface area contributed by atoms with E-state index in [0.717, 1.165) is 42.9 Å². The third kappa shape index (κ3) is 4.67. The summed E-state index contributed by atoms with van der Waals surface area (Å²) in [6, 6.07) is 22.2. The van der Waals surface area contributed by atoms with Gasteiger partial charge in [0, 0.05) is 37.0 Å². The number of aliphatic hydroxyl groups excluding tert-OH is 1. The minimum Gasteiger partial charge on any atom is -0.508 e. The molecule has 1 saturated heterocycles. The Bertz CT molecular complexity index is 1310. The molecule has 0 amide bonds. The minimum atomic E-state index is -0.267. The minimum absolute atomic E-state index is 0.0750. The number of aliphatic hydroxyl groups is 1. The van der Waals surface area contributed by atoms with E-state index in [4.69, 9.17) is 0 Å². The van der Waals surface area contributed by atoms with Crippen LogP contribution in [0.1, 0.15) is 17.5 Å². The lowest BCUT2D eigenvalue weighted by Gasteiger charge is -2.32. The van der Waals surface area contributed by atoms with Gasteiger partial charge in [0.1, 0.15) is 11.6 Å². The Morgan fingerprint density at radius 2 is 1.78 bits per heavy atom. The molecule has 4 nitrogen and oxygen atoms in total. The fourth-order valence-electron chi connectivity index (χ4n) is 5.24. The van der Waals surface area contributed by atoms with E-state index in [2.05, 4.69) is 64.7 Å². The molecule has 1 fully saturated rings. The molecule has 0 aliphatic carbocycles. The topological polar surface area (TPSA) is 38.7 Å². The quantitative estimate of drug-likeness (QED) is 0.377. The van der Waals surface area contributed by atoms with Crippen LogP contribution in [0, 0.1) is 11.7 Å². The van der Waals surface area contributed by atoms with Crippen LogP contribution in [0.5, 0.6) is 0 Å². The van der Waals surface area contributed by atoms with Crippen molar-refractivity contribution in [2.45, 2.75) is 13.0 Å². The van der Waals surface area contributed by atoms with E-state index in [1.807, 2.05) is 37.5 Å². The highest BCUT2D eigenvalue weighted by Gasteiger charge is 2.29. The van der Waals surface area contributed by atoms with Crippen molar-refractivity contribution in [3.8, 4) is 11.1 Å². The largest absolute Gasteiger partial charge is 0.508 e. The number of benzene rings is 3. The second kappa shape index (κ2) is 10.0. The summed E-state index contributed by atoms with van der Waals surface area (Å²) in [4.78, 5) is 4.19. The lowest BCUT2D eigenvalue weighted by atomic mass is 9.92. The summed E-state index contributed by atoms with van der Waals surface area (Å²) < 4.78 is 15.4. The van der Waals surface area contributed by atoms with E-state index < -0.39 is 0 Å². The Labute approximate surface area is 212 Å². The van der Waals surface area contributed by atoms with Crippen LogP contribution in [0.25, 0.3) is 16.7 Å². The van der Waals surface area contributed by atoms with Gasteiger partial charge in [0.05, 0.1) is 11.4 Å². The summed E-state index contributed by atoms with van der Waals surface area (Å²) in [5.41, 5.74) is 6.70. The molecule has 3 aromatic carbocycles. The first-order valence-corrected chi connectivity index (χ1v) is 12.4. The molecule has 2 heterocycles. The van der Waals surface area contributed by atoms with Crippen LogP contribution < -0.4 is 15.1 Å². The fraction of sp³-hybridized carbons (Fsp3) is 0.226. The van der Waals surface area contributed by atoms with Crippen LogP contribution in [0.2, 0.25) is 0 Å². The van der Waals surface area contributed by atoms with Crippen molar-refractivity contribution < 1.29 is 9.50 Å². The second-order valence-corrected chi connectivity index (χ2v) is 9.64. The van der Waals surface area contributed by atoms with Gasteiger partial charge in [-0.1, -0.05) is 67.8 Å². The van der Waals surface area contributed by atoms with Gasteiger partial charge in [0.2, 0.25) is 0 Å². The molecule has 1 unspecified atom stereocenters. The van der Waals surface area contributed by atoms with Crippen molar-refractivity contribution in [2.75, 3.05) is 36.5 Å². The van der Waals surface area contributed by atoms with Gasteiger partial charge in [-0.15, -0.1) is 0 Å². The van der Waals surface area contributed by atoms with Gasteiger partial charge >= 0.3 is 0 Å². The number of hydrogen-bond acceptors (Lipinski definition) is 4. The summed E-state index contributed by atoms with van der Waals surface area (Å²) in [7, 11) is 1.96. The van der Waals surface area contributed by atoms with E-state index in [0.29, 0.717) is 34.9 Å². The highest BCUT2D eigenvalue weighted by atomic mass is 19.1. The van der Waals surface area contributed by atoms with E-state index in [1.165, 1.54) is 5.56 Å². The Morgan fingerprint density at radius 3 is 2.47 bits per heavy atom. The summed E-state index contributed by atoms with van der Waals surface area (Å²) in [5, 5.41) is 13.5. The SMILES string of the molecule is C=C(O)C1=CN(Cc2ccc(-c3ccccc3)cc2)c2cc(N3CCC(CNC)C3)c(F)cc2C1=C. The zero-order chi connectivity index (χ0) is 25.2. The van der Waals surface area contributed by atoms with Crippen LogP contribution in [0.4, 0.5) is 15.8 Å². The molecule has 1 atom stereocenters. The summed E-state index contributed by atoms with van der Waals surface area (Å²) in [5.74, 6) is 0.162. The highest BCUT2D eigenvalue weighted by Crippen LogP contribution is 2.42. The van der Waals surface area contributed by atoms with Crippen LogP contribution in [0.3, 0.4) is 0 Å². The van der Waals surface area contributed by atoms with Crippen molar-refractivity contribution in [3.63, 3.8) is 0 Å². The van der Waals surface area contributed by atoms with Gasteiger partial charge in [-0.05, 0) is 60.3 Å². The molecule has 0 aromatic heterocycles. The van der Waals surface area contributed by atoms with Crippen LogP contribution in [0.15, 0.2) is 97.4 Å². The fourth-order valence-corrected chi connectivity index (χ4v) is 5.24. The van der Waals surface area contributed by atoms with Crippen molar-refractivity contribution in [1.82, 2.24) is 5.32 Å². The standard InChI is InChI=1S/C31H32FN3O/c1-21-27-15-29(32)31(34-14-13-24(19-34)17-33-3)16-30(27)35(20-28(21)22(2)36)18-23-9-11-26(12-10-23)25-7-5-4-6-8-25/h4-12,15-16,20,24,33,36H,1-2,13-14,17-19H2,3H3. The number of hydrogen-bond donors (Lipinski definition) is 2. The maximum atomic E-state index is 15.4. The number of halogens is 1. The van der Waals surface area contributed by atoms with Crippen molar-refractivity contribution >= 4 is 16.9 Å². The molecule has 2 aliphatic heterocycles. The van der Waals surface area contributed by atoms with E-state index >= 15 is 4.39 Å². The first-order valence-electron chi connectivity index (χ1n) is 12.4. The third-order valence-corrected chi connectivity index (χ3v) is 7.15. The smallest absolute Gasteiger partial charge is 0.147 e. The van der Waals surface area contributed by atoms with Crippen LogP contribution >= 0.6 is 0 Å². The normalized spacial score (nSPS) is 17.2. The van der Waals surface area contributed by atoms with Gasteiger partial charge in [0.15, 0.2) is 0 Å². The predicted molar refractivity (Wildman–Crippen MR) is 148 cm³/mol. The molecule has 0 spiro atoms. The molecule has 5 heteroatoms. The summed E-state index contributed by atoms with van der Waals surface area (Å²) in [6.07, 6.45) is 2.91. The summed E-state index contributed by atoms with van der Waals surface area (Å²) in [6.45, 7) is 11.0. The molecule has 5 rings (SSSR count). The number of fused-ring (bicyclic) bond motifs is 1. The van der Waals surface area contributed by atoms with Crippen LogP contribution in [-0.4, -0.2) is 31.8 Å². The lowest BCUT2D eigenvalue weighted by Crippen LogP contribution is -2.26. The van der Waals surface area contributed by atoms with Gasteiger partial charge in [0.25, 0.3) is 0 Å². The lowest BCUT2D eigenvalue weighted by molar-refractivity contribution is 0.429. The number of nitrogens with one attached hydrogen (secondary N) is 1. The molecule has 36 heavy (non-hydrogen) atoms. The molecule has 0 saturated carbocycles. The molecule has 2 aliphatic rings. The Balaban J connectivity index is 1.48. The average molecular weight is 482 g/mol. The first-order chi connectivity index (χ1) is 17.4. The Morgan fingerprint density at radius 1 is 1.06 bits per heavy atom. The third-order valence-electron chi connectivity index (χ3n) is 7.15. The average Bonchev–Trinajstić information content (AvgIpc) is 3.35. The molecule has 184 valence electrons. The van der Waals surface area contributed by atoms with Crippen molar-refractivity contribution in [1.29, 1.82) is 0 Å². The molecule has 0 bridgehead atoms. The Hall–Kier alpha value is -3.83. The maximum absolute atomic E-state index is 15.4. The van der Waals surface area contributed by atoms with E-state index in [-0.39, 0.29) is 11.6 Å². The van der Waals surface area contributed by atoms with Crippen molar-refractivity contribution in [3.05, 3.63) is 114 Å². The van der Waals surface area contributed by atoms with Crippen LogP contribution in [-0.2, 0) is 6.54 Å². The van der Waals surface area contributed by atoms with E-state index in [1.54, 1.807) is 6.07 Å². The molecule has 0 radical (unpaired) electrons. The number of nitrogens with zero attached hydrogens (tertiary/aromatic N) is 2. The first kappa shape index (κ1) is 23.9. The molecular weight excluding hydrogens is 449 g/mol. The van der Waals surface area contributed by atoms with E-state index in [9.17, 15) is 5.11 Å². The van der Waals surface area contributed by atoms with Gasteiger partial charge in [-0.2, -0.15) is 0 Å². The number of anilines is 2. The Kier molecular flexibility index (Phi) is 6.66. The highest BCUT2D eigenvalue weighted by molar-refractivity contribution is 5.92. The number of rotatable bonds is 7. The maximum Gasteiger partial charge on any atom is 0.147 e. The molecule has 3 aromatic rings. The summed E-state index contributed by atoms with van der Waals surface area (Å²) >= 11 is 0. The zero-order valence-electron chi connectivity index (χ0n) is 20.7.